The summed E-state index contributed by atoms with van der Waals surface area (Å²) in [7, 11) is 0. The molecule has 2 aliphatic heterocycles. The van der Waals surface area contributed by atoms with Crippen LogP contribution in [0.5, 0.6) is 5.75 Å². The molecule has 152 valence electrons. The summed E-state index contributed by atoms with van der Waals surface area (Å²) >= 11 is 0. The van der Waals surface area contributed by atoms with E-state index in [2.05, 4.69) is 15.3 Å². The summed E-state index contributed by atoms with van der Waals surface area (Å²) < 4.78 is 11.2. The first-order valence-electron chi connectivity index (χ1n) is 9.55. The van der Waals surface area contributed by atoms with Gasteiger partial charge < -0.3 is 14.6 Å². The summed E-state index contributed by atoms with van der Waals surface area (Å²) in [6.45, 7) is 1.43. The monoisotopic (exact) mass is 398 g/mol. The molecule has 29 heavy (non-hydrogen) atoms. The highest BCUT2D eigenvalue weighted by molar-refractivity contribution is 6.01. The third-order valence-electron chi connectivity index (χ3n) is 4.96. The van der Waals surface area contributed by atoms with Crippen molar-refractivity contribution in [1.82, 2.24) is 9.97 Å². The topological polar surface area (TPSA) is 114 Å². The van der Waals surface area contributed by atoms with Gasteiger partial charge in [0.2, 0.25) is 0 Å². The van der Waals surface area contributed by atoms with Crippen molar-refractivity contribution in [3.05, 3.63) is 41.2 Å². The number of hydrogen-bond donors (Lipinski definition) is 2. The SMILES string of the molecule is O=Cc1nc2c(cc1CO)CCCN2C(=O)Nc1cc(O[C@H]2CCOC2)ccn1. The minimum Gasteiger partial charge on any atom is -0.488 e. The van der Waals surface area contributed by atoms with Crippen molar-refractivity contribution in [2.45, 2.75) is 32.0 Å². The van der Waals surface area contributed by atoms with Gasteiger partial charge in [-0.3, -0.25) is 15.0 Å². The summed E-state index contributed by atoms with van der Waals surface area (Å²) in [5.74, 6) is 1.41. The first-order chi connectivity index (χ1) is 14.2. The van der Waals surface area contributed by atoms with E-state index >= 15 is 0 Å². The number of aliphatic hydroxyl groups is 1. The minimum absolute atomic E-state index is 0.00149. The second-order valence-corrected chi connectivity index (χ2v) is 6.96. The van der Waals surface area contributed by atoms with Crippen molar-refractivity contribution in [2.24, 2.45) is 0 Å². The van der Waals surface area contributed by atoms with Crippen LogP contribution in [0.3, 0.4) is 0 Å². The number of rotatable bonds is 5. The van der Waals surface area contributed by atoms with Crippen molar-refractivity contribution in [3.8, 4) is 5.75 Å². The van der Waals surface area contributed by atoms with Crippen LogP contribution < -0.4 is 15.0 Å². The molecule has 2 amide bonds. The van der Waals surface area contributed by atoms with Gasteiger partial charge in [-0.15, -0.1) is 0 Å². The highest BCUT2D eigenvalue weighted by atomic mass is 16.5. The highest BCUT2D eigenvalue weighted by Crippen LogP contribution is 2.28. The van der Waals surface area contributed by atoms with Crippen LogP contribution in [0.15, 0.2) is 24.4 Å². The van der Waals surface area contributed by atoms with Crippen molar-refractivity contribution < 1.29 is 24.2 Å². The maximum Gasteiger partial charge on any atom is 0.328 e. The van der Waals surface area contributed by atoms with Gasteiger partial charge in [0.25, 0.3) is 0 Å². The van der Waals surface area contributed by atoms with E-state index in [1.165, 1.54) is 4.90 Å². The summed E-state index contributed by atoms with van der Waals surface area (Å²) in [4.78, 5) is 34.2. The molecule has 0 spiro atoms. The Bertz CT molecular complexity index is 914. The molecular weight excluding hydrogens is 376 g/mol. The predicted molar refractivity (Wildman–Crippen MR) is 104 cm³/mol. The van der Waals surface area contributed by atoms with E-state index in [0.717, 1.165) is 24.8 Å². The first-order valence-corrected chi connectivity index (χ1v) is 9.55. The van der Waals surface area contributed by atoms with Gasteiger partial charge in [0.15, 0.2) is 6.29 Å². The molecule has 9 nitrogen and oxygen atoms in total. The van der Waals surface area contributed by atoms with Crippen molar-refractivity contribution in [2.75, 3.05) is 30.0 Å². The third kappa shape index (κ3) is 4.20. The van der Waals surface area contributed by atoms with E-state index in [1.54, 1.807) is 24.4 Å². The van der Waals surface area contributed by atoms with Gasteiger partial charge in [0.1, 0.15) is 29.2 Å². The molecule has 2 aromatic heterocycles. The van der Waals surface area contributed by atoms with Crippen LogP contribution in [-0.4, -0.2) is 53.3 Å². The molecule has 0 unspecified atom stereocenters. The van der Waals surface area contributed by atoms with Gasteiger partial charge in [-0.1, -0.05) is 0 Å². The van der Waals surface area contributed by atoms with E-state index in [0.29, 0.717) is 49.0 Å². The summed E-state index contributed by atoms with van der Waals surface area (Å²) in [6, 6.07) is 4.75. The molecule has 0 bridgehead atoms. The largest absolute Gasteiger partial charge is 0.488 e. The lowest BCUT2D eigenvalue weighted by Crippen LogP contribution is -2.39. The summed E-state index contributed by atoms with van der Waals surface area (Å²) in [5, 5.41) is 12.2. The number of anilines is 2. The molecule has 2 aliphatic rings. The molecule has 0 aromatic carbocycles. The van der Waals surface area contributed by atoms with E-state index in [-0.39, 0.29) is 24.4 Å². The van der Waals surface area contributed by atoms with Crippen LogP contribution in [0.2, 0.25) is 0 Å². The Kier molecular flexibility index (Phi) is 5.68. The number of carbonyl (C=O) groups excluding carboxylic acids is 2. The molecule has 4 rings (SSSR count). The third-order valence-corrected chi connectivity index (χ3v) is 4.96. The molecule has 2 N–H and O–H groups in total. The van der Waals surface area contributed by atoms with Crippen LogP contribution in [0, 0.1) is 0 Å². The zero-order valence-corrected chi connectivity index (χ0v) is 15.8. The number of fused-ring (bicyclic) bond motifs is 1. The molecule has 0 saturated carbocycles. The van der Waals surface area contributed by atoms with Gasteiger partial charge >= 0.3 is 6.03 Å². The van der Waals surface area contributed by atoms with E-state index in [4.69, 9.17) is 9.47 Å². The average Bonchev–Trinajstić information content (AvgIpc) is 3.25. The van der Waals surface area contributed by atoms with Crippen LogP contribution in [0.25, 0.3) is 0 Å². The molecule has 1 saturated heterocycles. The lowest BCUT2D eigenvalue weighted by Gasteiger charge is -2.29. The number of aliphatic hydroxyl groups excluding tert-OH is 1. The zero-order valence-electron chi connectivity index (χ0n) is 15.8. The van der Waals surface area contributed by atoms with E-state index in [1.807, 2.05) is 0 Å². The Balaban J connectivity index is 1.52. The fraction of sp³-hybridized carbons (Fsp3) is 0.400. The minimum atomic E-state index is -0.388. The number of pyridine rings is 2. The molecule has 1 fully saturated rings. The smallest absolute Gasteiger partial charge is 0.328 e. The van der Waals surface area contributed by atoms with Gasteiger partial charge in [-0.05, 0) is 30.5 Å². The zero-order chi connectivity index (χ0) is 20.2. The number of carbonyl (C=O) groups is 2. The Morgan fingerprint density at radius 1 is 1.45 bits per heavy atom. The van der Waals surface area contributed by atoms with Gasteiger partial charge in [-0.25, -0.2) is 14.8 Å². The highest BCUT2D eigenvalue weighted by Gasteiger charge is 2.26. The summed E-state index contributed by atoms with van der Waals surface area (Å²) in [6.07, 6.45) is 4.47. The number of aryl methyl sites for hydroxylation is 1. The predicted octanol–water partition coefficient (Wildman–Crippen LogP) is 1.93. The first kappa shape index (κ1) is 19.3. The van der Waals surface area contributed by atoms with Crippen molar-refractivity contribution >= 4 is 24.0 Å². The fourth-order valence-corrected chi connectivity index (χ4v) is 3.51. The van der Waals surface area contributed by atoms with Crippen LogP contribution in [-0.2, 0) is 17.8 Å². The number of nitrogens with zero attached hydrogens (tertiary/aromatic N) is 3. The maximum absolute atomic E-state index is 12.9. The van der Waals surface area contributed by atoms with Crippen LogP contribution in [0.4, 0.5) is 16.4 Å². The number of ether oxygens (including phenoxy) is 2. The number of aromatic nitrogens is 2. The number of nitrogens with one attached hydrogen (secondary N) is 1. The van der Waals surface area contributed by atoms with Crippen molar-refractivity contribution in [1.29, 1.82) is 0 Å². The van der Waals surface area contributed by atoms with Crippen molar-refractivity contribution in [3.63, 3.8) is 0 Å². The molecule has 0 aliphatic carbocycles. The lowest BCUT2D eigenvalue weighted by molar-refractivity contribution is 0.111. The van der Waals surface area contributed by atoms with Gasteiger partial charge in [0, 0.05) is 30.8 Å². The van der Waals surface area contributed by atoms with E-state index in [9.17, 15) is 14.7 Å². The second kappa shape index (κ2) is 8.54. The molecule has 4 heterocycles. The normalized spacial score (nSPS) is 18.2. The van der Waals surface area contributed by atoms with Crippen LogP contribution >= 0.6 is 0 Å². The molecule has 0 radical (unpaired) electrons. The van der Waals surface area contributed by atoms with Gasteiger partial charge in [-0.2, -0.15) is 0 Å². The number of aldehydes is 1. The quantitative estimate of drug-likeness (QED) is 0.740. The number of urea groups is 1. The Hall–Kier alpha value is -3.04. The van der Waals surface area contributed by atoms with Crippen LogP contribution in [0.1, 0.15) is 34.5 Å². The Morgan fingerprint density at radius 3 is 3.10 bits per heavy atom. The Morgan fingerprint density at radius 2 is 2.34 bits per heavy atom. The Labute approximate surface area is 167 Å². The average molecular weight is 398 g/mol. The van der Waals surface area contributed by atoms with Gasteiger partial charge in [0.05, 0.1) is 19.8 Å². The lowest BCUT2D eigenvalue weighted by atomic mass is 10.0. The number of hydrogen-bond acceptors (Lipinski definition) is 7. The summed E-state index contributed by atoms with van der Waals surface area (Å²) in [5.41, 5.74) is 1.42. The fourth-order valence-electron chi connectivity index (χ4n) is 3.51. The maximum atomic E-state index is 12.9. The molecule has 9 heteroatoms. The number of amides is 2. The molecule has 1 atom stereocenters. The standard InChI is InChI=1S/C20H22N4O5/c25-10-14-8-13-2-1-6-24(19(13)22-17(14)11-26)20(27)23-18-9-15(3-5-21-18)29-16-4-7-28-12-16/h3,5,8-9,11,16,25H,1-2,4,6-7,10,12H2,(H,21,23,27)/t16-/m0/s1. The molecular formula is C20H22N4O5. The van der Waals surface area contributed by atoms with E-state index < -0.39 is 0 Å². The molecule has 2 aromatic rings. The second-order valence-electron chi connectivity index (χ2n) is 6.96.